The fourth-order valence-corrected chi connectivity index (χ4v) is 2.42. The summed E-state index contributed by atoms with van der Waals surface area (Å²) in [7, 11) is 0. The summed E-state index contributed by atoms with van der Waals surface area (Å²) >= 11 is 4.98. The summed E-state index contributed by atoms with van der Waals surface area (Å²) in [5.74, 6) is 0. The van der Waals surface area contributed by atoms with Gasteiger partial charge in [-0.05, 0) is 24.8 Å². The molecule has 14 heavy (non-hydrogen) atoms. The molecule has 1 saturated heterocycles. The highest BCUT2D eigenvalue weighted by atomic mass is 32.1. The first-order valence-corrected chi connectivity index (χ1v) is 5.88. The van der Waals surface area contributed by atoms with Gasteiger partial charge in [-0.15, -0.1) is 0 Å². The number of rotatable bonds is 4. The lowest BCUT2D eigenvalue weighted by Gasteiger charge is -2.27. The molecule has 0 radical (unpaired) electrons. The lowest BCUT2D eigenvalue weighted by molar-refractivity contribution is 0.216. The molecule has 2 N–H and O–H groups in total. The Morgan fingerprint density at radius 1 is 1.57 bits per heavy atom. The van der Waals surface area contributed by atoms with E-state index in [1.165, 1.54) is 19.5 Å². The maximum atomic E-state index is 5.61. The Labute approximate surface area is 92.8 Å². The van der Waals surface area contributed by atoms with Crippen molar-refractivity contribution in [1.82, 2.24) is 4.90 Å². The van der Waals surface area contributed by atoms with E-state index in [4.69, 9.17) is 18.0 Å². The standard InChI is InChI=1S/C11H22N2S/c1-4-9(7-10(12)14)13-6-5-11(2,3)8-13/h9H,4-8H2,1-3H3,(H2,12,14). The molecule has 1 rings (SSSR count). The zero-order valence-electron chi connectivity index (χ0n) is 9.55. The van der Waals surface area contributed by atoms with Crippen LogP contribution in [-0.4, -0.2) is 29.0 Å². The van der Waals surface area contributed by atoms with Crippen molar-refractivity contribution in [3.05, 3.63) is 0 Å². The van der Waals surface area contributed by atoms with Gasteiger partial charge < -0.3 is 5.73 Å². The van der Waals surface area contributed by atoms with E-state index in [1.54, 1.807) is 0 Å². The molecule has 0 aromatic carbocycles. The second kappa shape index (κ2) is 4.58. The van der Waals surface area contributed by atoms with E-state index in [0.717, 1.165) is 12.8 Å². The number of hydrogen-bond donors (Lipinski definition) is 1. The van der Waals surface area contributed by atoms with Crippen molar-refractivity contribution in [2.45, 2.75) is 46.1 Å². The molecule has 2 nitrogen and oxygen atoms in total. The van der Waals surface area contributed by atoms with Crippen LogP contribution in [0.2, 0.25) is 0 Å². The molecule has 0 aromatic rings. The summed E-state index contributed by atoms with van der Waals surface area (Å²) in [5, 5.41) is 0. The van der Waals surface area contributed by atoms with Crippen LogP contribution in [0.5, 0.6) is 0 Å². The molecular weight excluding hydrogens is 192 g/mol. The van der Waals surface area contributed by atoms with E-state index in [9.17, 15) is 0 Å². The summed E-state index contributed by atoms with van der Waals surface area (Å²) in [6, 6.07) is 0.564. The molecule has 1 aliphatic heterocycles. The first-order valence-electron chi connectivity index (χ1n) is 5.47. The van der Waals surface area contributed by atoms with Crippen LogP contribution in [0.3, 0.4) is 0 Å². The normalized spacial score (nSPS) is 23.6. The molecule has 0 bridgehead atoms. The van der Waals surface area contributed by atoms with Crippen LogP contribution in [-0.2, 0) is 0 Å². The summed E-state index contributed by atoms with van der Waals surface area (Å²) in [4.78, 5) is 3.20. The lowest BCUT2D eigenvalue weighted by atomic mass is 9.93. The maximum Gasteiger partial charge on any atom is 0.0743 e. The molecule has 1 atom stereocenters. The maximum absolute atomic E-state index is 5.61. The van der Waals surface area contributed by atoms with Crippen molar-refractivity contribution in [1.29, 1.82) is 0 Å². The minimum absolute atomic E-state index is 0.476. The van der Waals surface area contributed by atoms with Gasteiger partial charge in [0.05, 0.1) is 4.99 Å². The Bertz CT molecular complexity index is 213. The van der Waals surface area contributed by atoms with Gasteiger partial charge in [-0.1, -0.05) is 33.0 Å². The van der Waals surface area contributed by atoms with Crippen LogP contribution < -0.4 is 5.73 Å². The second-order valence-electron chi connectivity index (χ2n) is 5.12. The van der Waals surface area contributed by atoms with E-state index in [2.05, 4.69) is 25.7 Å². The van der Waals surface area contributed by atoms with Gasteiger partial charge in [-0.3, -0.25) is 4.90 Å². The first-order chi connectivity index (χ1) is 6.44. The fourth-order valence-electron chi connectivity index (χ4n) is 2.23. The highest BCUT2D eigenvalue weighted by Gasteiger charge is 2.32. The number of nitrogens with two attached hydrogens (primary N) is 1. The Kier molecular flexibility index (Phi) is 3.90. The van der Waals surface area contributed by atoms with Gasteiger partial charge >= 0.3 is 0 Å². The SMILES string of the molecule is CCC(CC(N)=S)N1CCC(C)(C)C1. The van der Waals surface area contributed by atoms with Crippen LogP contribution >= 0.6 is 12.2 Å². The molecule has 0 aliphatic carbocycles. The van der Waals surface area contributed by atoms with Crippen molar-refractivity contribution in [3.63, 3.8) is 0 Å². The van der Waals surface area contributed by atoms with Gasteiger partial charge in [0.1, 0.15) is 0 Å². The van der Waals surface area contributed by atoms with E-state index in [-0.39, 0.29) is 0 Å². The van der Waals surface area contributed by atoms with Crippen molar-refractivity contribution in [2.24, 2.45) is 11.1 Å². The van der Waals surface area contributed by atoms with Gasteiger partial charge in [0, 0.05) is 19.0 Å². The second-order valence-corrected chi connectivity index (χ2v) is 5.64. The molecule has 1 heterocycles. The van der Waals surface area contributed by atoms with Gasteiger partial charge in [0.25, 0.3) is 0 Å². The molecule has 1 fully saturated rings. The third-order valence-electron chi connectivity index (χ3n) is 3.13. The predicted octanol–water partition coefficient (Wildman–Crippen LogP) is 2.17. The third kappa shape index (κ3) is 3.21. The molecule has 3 heteroatoms. The number of likely N-dealkylation sites (tertiary alicyclic amines) is 1. The van der Waals surface area contributed by atoms with Gasteiger partial charge in [-0.25, -0.2) is 0 Å². The fraction of sp³-hybridized carbons (Fsp3) is 0.909. The zero-order valence-corrected chi connectivity index (χ0v) is 10.4. The molecule has 82 valence electrons. The number of nitrogens with zero attached hydrogens (tertiary/aromatic N) is 1. The van der Waals surface area contributed by atoms with Gasteiger partial charge in [0.2, 0.25) is 0 Å². The Morgan fingerprint density at radius 2 is 2.21 bits per heavy atom. The number of hydrogen-bond acceptors (Lipinski definition) is 2. The largest absolute Gasteiger partial charge is 0.393 e. The summed E-state index contributed by atoms with van der Waals surface area (Å²) < 4.78 is 0. The highest BCUT2D eigenvalue weighted by molar-refractivity contribution is 7.80. The Balaban J connectivity index is 2.50. The first kappa shape index (κ1) is 11.9. The third-order valence-corrected chi connectivity index (χ3v) is 3.30. The van der Waals surface area contributed by atoms with E-state index >= 15 is 0 Å². The molecule has 1 aliphatic rings. The van der Waals surface area contributed by atoms with Gasteiger partial charge in [-0.2, -0.15) is 0 Å². The lowest BCUT2D eigenvalue weighted by Crippen LogP contribution is -2.36. The average molecular weight is 214 g/mol. The van der Waals surface area contributed by atoms with Crippen LogP contribution in [0.25, 0.3) is 0 Å². The summed E-state index contributed by atoms with van der Waals surface area (Å²) in [6.07, 6.45) is 3.32. The predicted molar refractivity (Wildman–Crippen MR) is 65.5 cm³/mol. The zero-order chi connectivity index (χ0) is 10.8. The van der Waals surface area contributed by atoms with E-state index in [1.807, 2.05) is 0 Å². The van der Waals surface area contributed by atoms with Crippen LogP contribution in [0.1, 0.15) is 40.0 Å². The van der Waals surface area contributed by atoms with Gasteiger partial charge in [0.15, 0.2) is 0 Å². The van der Waals surface area contributed by atoms with Crippen LogP contribution in [0.4, 0.5) is 0 Å². The Hall–Kier alpha value is -0.150. The summed E-state index contributed by atoms with van der Waals surface area (Å²) in [5.41, 5.74) is 6.08. The molecule has 0 aromatic heterocycles. The van der Waals surface area contributed by atoms with E-state index < -0.39 is 0 Å². The molecule has 0 saturated carbocycles. The molecular formula is C11H22N2S. The molecule has 1 unspecified atom stereocenters. The minimum atomic E-state index is 0.476. The highest BCUT2D eigenvalue weighted by Crippen LogP contribution is 2.31. The van der Waals surface area contributed by atoms with E-state index in [0.29, 0.717) is 16.4 Å². The average Bonchev–Trinajstić information content (AvgIpc) is 2.41. The summed E-state index contributed by atoms with van der Waals surface area (Å²) in [6.45, 7) is 9.28. The van der Waals surface area contributed by atoms with Crippen molar-refractivity contribution in [3.8, 4) is 0 Å². The number of thiocarbonyl (C=S) groups is 1. The van der Waals surface area contributed by atoms with Crippen molar-refractivity contribution >= 4 is 17.2 Å². The van der Waals surface area contributed by atoms with Crippen molar-refractivity contribution < 1.29 is 0 Å². The monoisotopic (exact) mass is 214 g/mol. The topological polar surface area (TPSA) is 29.3 Å². The minimum Gasteiger partial charge on any atom is -0.393 e. The molecule has 0 spiro atoms. The molecule has 0 amide bonds. The van der Waals surface area contributed by atoms with Crippen molar-refractivity contribution in [2.75, 3.05) is 13.1 Å². The smallest absolute Gasteiger partial charge is 0.0743 e. The quantitative estimate of drug-likeness (QED) is 0.727. The van der Waals surface area contributed by atoms with Crippen LogP contribution in [0, 0.1) is 5.41 Å². The van der Waals surface area contributed by atoms with Crippen LogP contribution in [0.15, 0.2) is 0 Å². The Morgan fingerprint density at radius 3 is 2.57 bits per heavy atom.